The molecule has 0 unspecified atom stereocenters. The van der Waals surface area contributed by atoms with E-state index in [2.05, 4.69) is 37.7 Å². The van der Waals surface area contributed by atoms with Crippen LogP contribution < -0.4 is 10.3 Å². The van der Waals surface area contributed by atoms with Crippen LogP contribution in [0.2, 0.25) is 0 Å². The van der Waals surface area contributed by atoms with E-state index < -0.39 is 0 Å². The normalized spacial score (nSPS) is 10.9. The zero-order valence-electron chi connectivity index (χ0n) is 13.0. The first kappa shape index (κ1) is 15.8. The molecule has 0 aliphatic carbocycles. The van der Waals surface area contributed by atoms with Crippen LogP contribution >= 0.6 is 22.6 Å². The number of fused-ring (bicyclic) bond motifs is 1. The fourth-order valence-electron chi connectivity index (χ4n) is 2.44. The van der Waals surface area contributed by atoms with Crippen LogP contribution in [0.3, 0.4) is 0 Å². The van der Waals surface area contributed by atoms with Gasteiger partial charge in [-0.25, -0.2) is 4.98 Å². The van der Waals surface area contributed by atoms with Crippen LogP contribution in [0.15, 0.2) is 65.5 Å². The summed E-state index contributed by atoms with van der Waals surface area (Å²) in [5.74, 6) is 1.66. The number of nitrogens with one attached hydrogen (secondary N) is 1. The second-order valence-corrected chi connectivity index (χ2v) is 6.65. The van der Waals surface area contributed by atoms with Crippen molar-refractivity contribution in [3.05, 3.63) is 80.3 Å². The summed E-state index contributed by atoms with van der Waals surface area (Å²) in [5, 5.41) is 2.98. The molecule has 4 aromatic rings. The van der Waals surface area contributed by atoms with Gasteiger partial charge in [0.2, 0.25) is 0 Å². The molecule has 0 fully saturated rings. The van der Waals surface area contributed by atoms with Crippen molar-refractivity contribution < 1.29 is 4.74 Å². The first-order chi connectivity index (χ1) is 12.2. The van der Waals surface area contributed by atoms with Gasteiger partial charge >= 0.3 is 0 Å². The number of halogens is 1. The molecule has 25 heavy (non-hydrogen) atoms. The predicted octanol–water partition coefficient (Wildman–Crippen LogP) is 3.27. The molecule has 2 heterocycles. The van der Waals surface area contributed by atoms with Crippen molar-refractivity contribution in [2.24, 2.45) is 0 Å². The Labute approximate surface area is 156 Å². The van der Waals surface area contributed by atoms with Crippen molar-refractivity contribution in [3.8, 4) is 17.1 Å². The van der Waals surface area contributed by atoms with Crippen LogP contribution in [-0.4, -0.2) is 19.6 Å². The lowest BCUT2D eigenvalue weighted by Crippen LogP contribution is -2.16. The van der Waals surface area contributed by atoms with Crippen molar-refractivity contribution in [1.82, 2.24) is 19.6 Å². The highest BCUT2D eigenvalue weighted by molar-refractivity contribution is 14.1. The van der Waals surface area contributed by atoms with E-state index in [-0.39, 0.29) is 12.2 Å². The fraction of sp³-hybridized carbons (Fsp3) is 0.0556. The Morgan fingerprint density at radius 3 is 2.68 bits per heavy atom. The van der Waals surface area contributed by atoms with E-state index >= 15 is 0 Å². The van der Waals surface area contributed by atoms with Crippen LogP contribution in [0.4, 0.5) is 0 Å². The van der Waals surface area contributed by atoms with Gasteiger partial charge in [-0.3, -0.25) is 9.89 Å². The Hall–Kier alpha value is -2.68. The third kappa shape index (κ3) is 3.41. The smallest absolute Gasteiger partial charge is 0.274 e. The lowest BCUT2D eigenvalue weighted by atomic mass is 10.2. The van der Waals surface area contributed by atoms with E-state index in [1.165, 1.54) is 10.6 Å². The minimum absolute atomic E-state index is 0.208. The van der Waals surface area contributed by atoms with E-state index in [4.69, 9.17) is 4.74 Å². The minimum atomic E-state index is -0.221. The molecular formula is C18H13IN4O2. The van der Waals surface area contributed by atoms with Crippen LogP contribution in [0.25, 0.3) is 17.2 Å². The molecule has 0 saturated heterocycles. The van der Waals surface area contributed by atoms with Gasteiger partial charge in [0.15, 0.2) is 5.82 Å². The van der Waals surface area contributed by atoms with Crippen molar-refractivity contribution in [2.45, 2.75) is 6.61 Å². The molecule has 7 heteroatoms. The third-order valence-electron chi connectivity index (χ3n) is 3.61. The summed E-state index contributed by atoms with van der Waals surface area (Å²) in [4.78, 5) is 21.1. The monoisotopic (exact) mass is 440 g/mol. The lowest BCUT2D eigenvalue weighted by molar-refractivity contribution is 0.301. The Balaban J connectivity index is 1.64. The first-order valence-electron chi connectivity index (χ1n) is 7.61. The molecule has 1 N–H and O–H groups in total. The van der Waals surface area contributed by atoms with Crippen LogP contribution in [0.1, 0.15) is 5.69 Å². The summed E-state index contributed by atoms with van der Waals surface area (Å²) < 4.78 is 8.13. The maximum Gasteiger partial charge on any atom is 0.274 e. The zero-order chi connectivity index (χ0) is 17.2. The van der Waals surface area contributed by atoms with Crippen molar-refractivity contribution >= 4 is 28.4 Å². The molecule has 2 aromatic heterocycles. The van der Waals surface area contributed by atoms with Crippen molar-refractivity contribution in [1.29, 1.82) is 0 Å². The molecule has 124 valence electrons. The molecule has 0 aliphatic heterocycles. The van der Waals surface area contributed by atoms with Crippen molar-refractivity contribution in [3.63, 3.8) is 0 Å². The Morgan fingerprint density at radius 1 is 1.04 bits per heavy atom. The summed E-state index contributed by atoms with van der Waals surface area (Å²) in [6, 6.07) is 18.8. The summed E-state index contributed by atoms with van der Waals surface area (Å²) in [7, 11) is 0. The molecule has 0 bridgehead atoms. The Morgan fingerprint density at radius 2 is 1.88 bits per heavy atom. The highest BCUT2D eigenvalue weighted by atomic mass is 123. The van der Waals surface area contributed by atoms with E-state index in [1.807, 2.05) is 54.6 Å². The predicted molar refractivity (Wildman–Crippen MR) is 103 cm³/mol. The number of benzene rings is 2. The average molecular weight is 440 g/mol. The topological polar surface area (TPSA) is 72.3 Å². The molecule has 2 aromatic carbocycles. The number of rotatable bonds is 4. The number of hydrogen-bond donors (Lipinski definition) is 1. The number of aromatic amines is 1. The van der Waals surface area contributed by atoms with E-state index in [1.54, 1.807) is 0 Å². The number of hydrogen-bond acceptors (Lipinski definition) is 4. The highest BCUT2D eigenvalue weighted by Gasteiger charge is 2.10. The van der Waals surface area contributed by atoms with Crippen LogP contribution in [-0.2, 0) is 6.61 Å². The van der Waals surface area contributed by atoms with E-state index in [0.717, 1.165) is 14.9 Å². The zero-order valence-corrected chi connectivity index (χ0v) is 15.2. The maximum absolute atomic E-state index is 12.3. The van der Waals surface area contributed by atoms with E-state index in [0.29, 0.717) is 17.3 Å². The highest BCUT2D eigenvalue weighted by Crippen LogP contribution is 2.17. The lowest BCUT2D eigenvalue weighted by Gasteiger charge is -2.05. The van der Waals surface area contributed by atoms with Gasteiger partial charge in [0, 0.05) is 15.2 Å². The van der Waals surface area contributed by atoms with Gasteiger partial charge in [-0.15, -0.1) is 0 Å². The second-order valence-electron chi connectivity index (χ2n) is 5.41. The molecule has 0 aliphatic rings. The molecule has 0 radical (unpaired) electrons. The van der Waals surface area contributed by atoms with Gasteiger partial charge in [-0.2, -0.15) is 9.50 Å². The van der Waals surface area contributed by atoms with E-state index in [9.17, 15) is 4.79 Å². The van der Waals surface area contributed by atoms with Gasteiger partial charge in [0.25, 0.3) is 11.3 Å². The average Bonchev–Trinajstić information content (AvgIpc) is 3.06. The molecule has 0 spiro atoms. The minimum Gasteiger partial charge on any atom is -0.487 e. The molecule has 6 nitrogen and oxygen atoms in total. The Bertz CT molecular complexity index is 1090. The third-order valence-corrected chi connectivity index (χ3v) is 4.28. The van der Waals surface area contributed by atoms with Crippen LogP contribution in [0.5, 0.6) is 5.75 Å². The van der Waals surface area contributed by atoms with Gasteiger partial charge in [0.05, 0.1) is 5.69 Å². The standard InChI is InChI=1S/C18H13IN4O2/c19-13-7-4-8-15(9-13)25-11-14-10-16(24)23-18(20-14)21-17(22-23)12-5-2-1-3-6-12/h1-10H,11H2,(H,20,21,22)/i19-4. The summed E-state index contributed by atoms with van der Waals surface area (Å²) >= 11 is 2.22. The van der Waals surface area contributed by atoms with Crippen molar-refractivity contribution in [2.75, 3.05) is 0 Å². The van der Waals surface area contributed by atoms with Gasteiger partial charge in [-0.05, 0) is 40.8 Å². The maximum atomic E-state index is 12.3. The summed E-state index contributed by atoms with van der Waals surface area (Å²) in [6.07, 6.45) is 0. The Kier molecular flexibility index (Phi) is 4.22. The largest absolute Gasteiger partial charge is 0.487 e. The first-order valence-corrected chi connectivity index (χ1v) is 8.69. The van der Waals surface area contributed by atoms with Crippen LogP contribution in [0, 0.1) is 3.57 Å². The quantitative estimate of drug-likeness (QED) is 0.495. The number of ether oxygens (including phenoxy) is 1. The second kappa shape index (κ2) is 6.67. The molecule has 0 atom stereocenters. The van der Waals surface area contributed by atoms with Gasteiger partial charge in [0.1, 0.15) is 12.4 Å². The van der Waals surface area contributed by atoms with Gasteiger partial charge < -0.3 is 4.74 Å². The molecule has 0 amide bonds. The molecular weight excluding hydrogens is 427 g/mol. The summed E-state index contributed by atoms with van der Waals surface area (Å²) in [6.45, 7) is 0.208. The number of H-pyrrole nitrogens is 1. The fourth-order valence-corrected chi connectivity index (χ4v) is 2.96. The number of nitrogens with zero attached hydrogens (tertiary/aromatic N) is 3. The number of aromatic nitrogens is 4. The molecule has 4 rings (SSSR count). The summed E-state index contributed by atoms with van der Waals surface area (Å²) in [5.41, 5.74) is 1.21. The SMILES string of the molecule is O=c1cc(COc2cccc([123I])c2)nc2nc(-c3ccccc3)[nH]n12. The molecule has 0 saturated carbocycles. The van der Waals surface area contributed by atoms with Gasteiger partial charge in [-0.1, -0.05) is 36.4 Å².